The largest absolute Gasteiger partial charge is 0.368 e. The van der Waals surface area contributed by atoms with Gasteiger partial charge in [0.1, 0.15) is 0 Å². The van der Waals surface area contributed by atoms with Crippen LogP contribution in [-0.2, 0) is 0 Å². The van der Waals surface area contributed by atoms with E-state index in [9.17, 15) is 5.11 Å². The first-order valence-corrected chi connectivity index (χ1v) is 5.21. The van der Waals surface area contributed by atoms with Gasteiger partial charge in [-0.3, -0.25) is 0 Å². The maximum Gasteiger partial charge on any atom is 0.170 e. The highest BCUT2D eigenvalue weighted by Gasteiger charge is 2.42. The van der Waals surface area contributed by atoms with Crippen LogP contribution >= 0.6 is 0 Å². The van der Waals surface area contributed by atoms with E-state index < -0.39 is 5.72 Å². The van der Waals surface area contributed by atoms with Crippen LogP contribution < -0.4 is 0 Å². The maximum atomic E-state index is 9.41. The molecule has 0 spiro atoms. The molecule has 3 heteroatoms. The molecule has 0 radical (unpaired) electrons. The van der Waals surface area contributed by atoms with Crippen LogP contribution in [0.2, 0.25) is 0 Å². The summed E-state index contributed by atoms with van der Waals surface area (Å²) in [6, 6.07) is 0.423. The molecular weight excluding hydrogens is 164 g/mol. The van der Waals surface area contributed by atoms with Crippen molar-refractivity contribution >= 4 is 0 Å². The van der Waals surface area contributed by atoms with Gasteiger partial charge in [0, 0.05) is 0 Å². The zero-order chi connectivity index (χ0) is 9.47. The van der Waals surface area contributed by atoms with E-state index >= 15 is 0 Å². The molecule has 0 saturated heterocycles. The maximum absolute atomic E-state index is 9.41. The van der Waals surface area contributed by atoms with E-state index in [1.807, 2.05) is 0 Å². The molecule has 0 bridgehead atoms. The summed E-state index contributed by atoms with van der Waals surface area (Å²) >= 11 is 0. The van der Waals surface area contributed by atoms with Gasteiger partial charge in [-0.05, 0) is 51.4 Å². The molecular formula is C10H18N2O. The molecule has 0 aromatic heterocycles. The van der Waals surface area contributed by atoms with Crippen LogP contribution in [0.1, 0.15) is 39.5 Å². The van der Waals surface area contributed by atoms with Gasteiger partial charge < -0.3 is 5.11 Å². The van der Waals surface area contributed by atoms with Gasteiger partial charge >= 0.3 is 0 Å². The average molecular weight is 182 g/mol. The van der Waals surface area contributed by atoms with Crippen molar-refractivity contribution in [1.29, 1.82) is 0 Å². The van der Waals surface area contributed by atoms with Gasteiger partial charge in [0.2, 0.25) is 0 Å². The van der Waals surface area contributed by atoms with Gasteiger partial charge in [0.25, 0.3) is 0 Å². The topological polar surface area (TPSA) is 45.0 Å². The van der Waals surface area contributed by atoms with Crippen molar-refractivity contribution in [2.45, 2.75) is 51.3 Å². The Morgan fingerprint density at radius 1 is 1.15 bits per heavy atom. The molecule has 2 saturated carbocycles. The lowest BCUT2D eigenvalue weighted by molar-refractivity contribution is 0.0795. The Hall–Kier alpha value is -0.440. The van der Waals surface area contributed by atoms with Crippen molar-refractivity contribution in [3.05, 3.63) is 0 Å². The summed E-state index contributed by atoms with van der Waals surface area (Å²) in [5.41, 5.74) is -0.984. The third-order valence-corrected chi connectivity index (χ3v) is 2.65. The van der Waals surface area contributed by atoms with Crippen molar-refractivity contribution < 1.29 is 5.11 Å². The third-order valence-electron chi connectivity index (χ3n) is 2.65. The minimum Gasteiger partial charge on any atom is -0.368 e. The summed E-state index contributed by atoms with van der Waals surface area (Å²) in [6.07, 6.45) is 5.25. The standard InChI is InChI=1S/C10H18N2O/c1-10(2,13)12-11-9(7-3-4-7)8-5-6-8/h7-9,13H,3-6H2,1-2H3. The van der Waals surface area contributed by atoms with Gasteiger partial charge in [0.05, 0.1) is 6.04 Å². The zero-order valence-electron chi connectivity index (χ0n) is 8.40. The second-order valence-corrected chi connectivity index (χ2v) is 4.88. The van der Waals surface area contributed by atoms with Crippen LogP contribution in [0.25, 0.3) is 0 Å². The van der Waals surface area contributed by atoms with Crippen LogP contribution in [-0.4, -0.2) is 16.9 Å². The molecule has 0 aliphatic heterocycles. The lowest BCUT2D eigenvalue weighted by Crippen LogP contribution is -2.16. The molecule has 2 fully saturated rings. The van der Waals surface area contributed by atoms with Gasteiger partial charge in [0.15, 0.2) is 5.72 Å². The second kappa shape index (κ2) is 3.05. The molecule has 74 valence electrons. The summed E-state index contributed by atoms with van der Waals surface area (Å²) in [5, 5.41) is 17.7. The quantitative estimate of drug-likeness (QED) is 0.666. The monoisotopic (exact) mass is 182 g/mol. The fourth-order valence-corrected chi connectivity index (χ4v) is 1.66. The summed E-state index contributed by atoms with van der Waals surface area (Å²) in [6.45, 7) is 3.35. The zero-order valence-corrected chi connectivity index (χ0v) is 8.40. The Morgan fingerprint density at radius 3 is 1.92 bits per heavy atom. The Bertz CT molecular complexity index is 199. The van der Waals surface area contributed by atoms with Gasteiger partial charge in [-0.15, -0.1) is 0 Å². The molecule has 0 aromatic carbocycles. The molecule has 0 aromatic rings. The first-order chi connectivity index (χ1) is 6.06. The lowest BCUT2D eigenvalue weighted by Gasteiger charge is -2.12. The molecule has 0 heterocycles. The molecule has 1 N–H and O–H groups in total. The van der Waals surface area contributed by atoms with E-state index in [2.05, 4.69) is 10.2 Å². The smallest absolute Gasteiger partial charge is 0.170 e. The highest BCUT2D eigenvalue weighted by Crippen LogP contribution is 2.46. The molecule has 2 aliphatic rings. The number of nitrogens with zero attached hydrogens (tertiary/aromatic N) is 2. The minimum absolute atomic E-state index is 0.423. The molecule has 0 atom stereocenters. The van der Waals surface area contributed by atoms with Crippen LogP contribution in [0, 0.1) is 11.8 Å². The van der Waals surface area contributed by atoms with Gasteiger partial charge in [-0.2, -0.15) is 10.2 Å². The van der Waals surface area contributed by atoms with E-state index in [4.69, 9.17) is 0 Å². The lowest BCUT2D eigenvalue weighted by atomic mass is 10.1. The van der Waals surface area contributed by atoms with Gasteiger partial charge in [-0.1, -0.05) is 0 Å². The van der Waals surface area contributed by atoms with Crippen LogP contribution in [0.4, 0.5) is 0 Å². The van der Waals surface area contributed by atoms with E-state index in [0.29, 0.717) is 6.04 Å². The van der Waals surface area contributed by atoms with E-state index in [0.717, 1.165) is 11.8 Å². The third kappa shape index (κ3) is 2.76. The fourth-order valence-electron chi connectivity index (χ4n) is 1.66. The number of hydrogen-bond donors (Lipinski definition) is 1. The number of hydrogen-bond acceptors (Lipinski definition) is 3. The molecule has 13 heavy (non-hydrogen) atoms. The predicted octanol–water partition coefficient (Wildman–Crippen LogP) is 2.36. The van der Waals surface area contributed by atoms with Crippen molar-refractivity contribution in [2.24, 2.45) is 22.1 Å². The van der Waals surface area contributed by atoms with Crippen molar-refractivity contribution in [1.82, 2.24) is 0 Å². The molecule has 0 unspecified atom stereocenters. The molecule has 2 aliphatic carbocycles. The van der Waals surface area contributed by atoms with Crippen molar-refractivity contribution in [2.75, 3.05) is 0 Å². The molecule has 3 nitrogen and oxygen atoms in total. The summed E-state index contributed by atoms with van der Waals surface area (Å²) in [7, 11) is 0. The number of aliphatic hydroxyl groups is 1. The molecule has 2 rings (SSSR count). The minimum atomic E-state index is -0.984. The highest BCUT2D eigenvalue weighted by atomic mass is 16.3. The summed E-state index contributed by atoms with van der Waals surface area (Å²) in [5.74, 6) is 1.55. The van der Waals surface area contributed by atoms with Crippen LogP contribution in [0.15, 0.2) is 10.2 Å². The number of azo groups is 1. The molecule has 0 amide bonds. The highest BCUT2D eigenvalue weighted by molar-refractivity contribution is 4.95. The SMILES string of the molecule is CC(C)(O)N=NC(C1CC1)C1CC1. The van der Waals surface area contributed by atoms with Gasteiger partial charge in [-0.25, -0.2) is 0 Å². The van der Waals surface area contributed by atoms with E-state index in [-0.39, 0.29) is 0 Å². The van der Waals surface area contributed by atoms with E-state index in [1.54, 1.807) is 13.8 Å². The van der Waals surface area contributed by atoms with Crippen LogP contribution in [0.3, 0.4) is 0 Å². The predicted molar refractivity (Wildman–Crippen MR) is 50.4 cm³/mol. The summed E-state index contributed by atoms with van der Waals surface area (Å²) < 4.78 is 0. The number of rotatable bonds is 4. The Kier molecular flexibility index (Phi) is 2.14. The first kappa shape index (κ1) is 9.13. The van der Waals surface area contributed by atoms with Crippen LogP contribution in [0.5, 0.6) is 0 Å². The fraction of sp³-hybridized carbons (Fsp3) is 1.00. The second-order valence-electron chi connectivity index (χ2n) is 4.88. The normalized spacial score (nSPS) is 24.6. The van der Waals surface area contributed by atoms with Crippen molar-refractivity contribution in [3.63, 3.8) is 0 Å². The Morgan fingerprint density at radius 2 is 1.62 bits per heavy atom. The first-order valence-electron chi connectivity index (χ1n) is 5.21. The average Bonchev–Trinajstić information content (AvgIpc) is 2.80. The summed E-state index contributed by atoms with van der Waals surface area (Å²) in [4.78, 5) is 0. The Balaban J connectivity index is 1.92. The van der Waals surface area contributed by atoms with E-state index in [1.165, 1.54) is 25.7 Å². The van der Waals surface area contributed by atoms with Crippen molar-refractivity contribution in [3.8, 4) is 0 Å². The Labute approximate surface area is 79.3 Å².